The predicted molar refractivity (Wildman–Crippen MR) is 122 cm³/mol. The van der Waals surface area contributed by atoms with E-state index in [0.29, 0.717) is 20.6 Å². The van der Waals surface area contributed by atoms with E-state index >= 15 is 0 Å². The van der Waals surface area contributed by atoms with Crippen LogP contribution in [0.5, 0.6) is 0 Å². The molecule has 4 nitrogen and oxygen atoms in total. The van der Waals surface area contributed by atoms with Crippen LogP contribution >= 0.6 is 23.2 Å². The molecule has 0 amide bonds. The summed E-state index contributed by atoms with van der Waals surface area (Å²) in [6, 6.07) is 18.3. The molecule has 0 bridgehead atoms. The van der Waals surface area contributed by atoms with Crippen LogP contribution in [-0.4, -0.2) is 24.2 Å². The lowest BCUT2D eigenvalue weighted by Gasteiger charge is -2.14. The Hall–Kier alpha value is -2.60. The Balaban J connectivity index is 1.79. The highest BCUT2D eigenvalue weighted by molar-refractivity contribution is 7.90. The summed E-state index contributed by atoms with van der Waals surface area (Å²) < 4.78 is 25.6. The van der Waals surface area contributed by atoms with Gasteiger partial charge in [0.15, 0.2) is 9.84 Å². The van der Waals surface area contributed by atoms with Gasteiger partial charge in [-0.25, -0.2) is 13.4 Å². The SMILES string of the molecule is Cc1cc(-c2cccc(S(C)(=O)=O)c2)ccc1-c1nccn1-c1c(Cl)cccc1Cl. The molecule has 0 fully saturated rings. The Bertz CT molecular complexity index is 1340. The topological polar surface area (TPSA) is 52.0 Å². The van der Waals surface area contributed by atoms with Crippen molar-refractivity contribution < 1.29 is 8.42 Å². The van der Waals surface area contributed by atoms with E-state index in [4.69, 9.17) is 23.2 Å². The summed E-state index contributed by atoms with van der Waals surface area (Å²) in [5.74, 6) is 0.721. The zero-order valence-corrected chi connectivity index (χ0v) is 18.6. The number of aryl methyl sites for hydroxylation is 1. The second kappa shape index (κ2) is 7.91. The first-order valence-corrected chi connectivity index (χ1v) is 11.8. The minimum Gasteiger partial charge on any atom is -0.297 e. The zero-order chi connectivity index (χ0) is 21.5. The van der Waals surface area contributed by atoms with Crippen molar-refractivity contribution in [3.63, 3.8) is 0 Å². The normalized spacial score (nSPS) is 11.6. The average Bonchev–Trinajstić information content (AvgIpc) is 3.16. The highest BCUT2D eigenvalue weighted by Gasteiger charge is 2.16. The number of hydrogen-bond acceptors (Lipinski definition) is 3. The van der Waals surface area contributed by atoms with Crippen LogP contribution in [0.3, 0.4) is 0 Å². The number of benzene rings is 3. The van der Waals surface area contributed by atoms with Crippen molar-refractivity contribution >= 4 is 33.0 Å². The van der Waals surface area contributed by atoms with Gasteiger partial charge in [-0.2, -0.15) is 0 Å². The van der Waals surface area contributed by atoms with Crippen LogP contribution in [-0.2, 0) is 9.84 Å². The maximum Gasteiger partial charge on any atom is 0.175 e. The molecule has 3 aromatic carbocycles. The van der Waals surface area contributed by atoms with Gasteiger partial charge < -0.3 is 0 Å². The third-order valence-electron chi connectivity index (χ3n) is 4.88. The van der Waals surface area contributed by atoms with Gasteiger partial charge in [-0.1, -0.05) is 59.6 Å². The molecule has 0 radical (unpaired) electrons. The van der Waals surface area contributed by atoms with Crippen molar-refractivity contribution in [2.45, 2.75) is 11.8 Å². The van der Waals surface area contributed by atoms with Crippen LogP contribution < -0.4 is 0 Å². The predicted octanol–water partition coefficient (Wildman–Crippen LogP) is 6.23. The molecule has 0 spiro atoms. The van der Waals surface area contributed by atoms with Crippen LogP contribution in [0.1, 0.15) is 5.56 Å². The first-order valence-electron chi connectivity index (χ1n) is 9.15. The summed E-state index contributed by atoms with van der Waals surface area (Å²) in [7, 11) is -3.27. The molecule has 0 N–H and O–H groups in total. The minimum atomic E-state index is -3.27. The van der Waals surface area contributed by atoms with Crippen LogP contribution in [0.15, 0.2) is 78.0 Å². The molecule has 152 valence electrons. The summed E-state index contributed by atoms with van der Waals surface area (Å²) in [5, 5.41) is 1.07. The second-order valence-corrected chi connectivity index (χ2v) is 9.85. The standard InChI is InChI=1S/C23H18Cl2N2O2S/c1-15-13-17(16-5-3-6-18(14-16)30(2,28)29)9-10-19(15)23-26-11-12-27(23)22-20(24)7-4-8-21(22)25/h3-14H,1-2H3. The fourth-order valence-corrected chi connectivity index (χ4v) is 4.65. The van der Waals surface area contributed by atoms with Crippen molar-refractivity contribution in [2.75, 3.05) is 6.26 Å². The van der Waals surface area contributed by atoms with E-state index in [2.05, 4.69) is 4.98 Å². The monoisotopic (exact) mass is 456 g/mol. The summed E-state index contributed by atoms with van der Waals surface area (Å²) in [5.41, 5.74) is 4.37. The van der Waals surface area contributed by atoms with E-state index < -0.39 is 9.84 Å². The van der Waals surface area contributed by atoms with Gasteiger partial charge in [-0.05, 0) is 47.9 Å². The molecule has 7 heteroatoms. The highest BCUT2D eigenvalue weighted by Crippen LogP contribution is 2.34. The Morgan fingerprint density at radius 1 is 0.900 bits per heavy atom. The number of sulfone groups is 1. The van der Waals surface area contributed by atoms with E-state index in [9.17, 15) is 8.42 Å². The summed E-state index contributed by atoms with van der Waals surface area (Å²) in [6.07, 6.45) is 4.74. The molecule has 0 saturated carbocycles. The number of nitrogens with zero attached hydrogens (tertiary/aromatic N) is 2. The Labute approximate surface area is 185 Å². The zero-order valence-electron chi connectivity index (χ0n) is 16.3. The van der Waals surface area contributed by atoms with E-state index in [1.807, 2.05) is 42.0 Å². The molecule has 0 atom stereocenters. The third kappa shape index (κ3) is 3.88. The quantitative estimate of drug-likeness (QED) is 0.365. The van der Waals surface area contributed by atoms with Crippen molar-refractivity contribution in [3.8, 4) is 28.2 Å². The van der Waals surface area contributed by atoms with Crippen LogP contribution in [0.2, 0.25) is 10.0 Å². The van der Waals surface area contributed by atoms with Crippen molar-refractivity contribution in [3.05, 3.63) is 88.7 Å². The van der Waals surface area contributed by atoms with Crippen LogP contribution in [0.4, 0.5) is 0 Å². The third-order valence-corrected chi connectivity index (χ3v) is 6.60. The molecule has 1 aromatic heterocycles. The molecule has 30 heavy (non-hydrogen) atoms. The fraction of sp³-hybridized carbons (Fsp3) is 0.0870. The maximum absolute atomic E-state index is 11.9. The molecular weight excluding hydrogens is 439 g/mol. The fourth-order valence-electron chi connectivity index (χ4n) is 3.40. The molecule has 0 aliphatic carbocycles. The van der Waals surface area contributed by atoms with Gasteiger partial charge in [0.05, 0.1) is 20.6 Å². The van der Waals surface area contributed by atoms with Gasteiger partial charge in [-0.15, -0.1) is 0 Å². The van der Waals surface area contributed by atoms with Gasteiger partial charge in [-0.3, -0.25) is 4.57 Å². The second-order valence-electron chi connectivity index (χ2n) is 7.02. The summed E-state index contributed by atoms with van der Waals surface area (Å²) >= 11 is 12.8. The van der Waals surface area contributed by atoms with E-state index in [1.165, 1.54) is 6.26 Å². The van der Waals surface area contributed by atoms with E-state index in [1.54, 1.807) is 42.6 Å². The minimum absolute atomic E-state index is 0.297. The van der Waals surface area contributed by atoms with Gasteiger partial charge in [0.2, 0.25) is 0 Å². The maximum atomic E-state index is 11.9. The molecule has 4 aromatic rings. The average molecular weight is 457 g/mol. The van der Waals surface area contributed by atoms with Crippen LogP contribution in [0.25, 0.3) is 28.2 Å². The van der Waals surface area contributed by atoms with E-state index in [0.717, 1.165) is 28.1 Å². The molecule has 0 saturated heterocycles. The number of aromatic nitrogens is 2. The Kier molecular flexibility index (Phi) is 5.45. The Morgan fingerprint density at radius 3 is 2.23 bits per heavy atom. The molecule has 0 aliphatic rings. The molecule has 0 unspecified atom stereocenters. The number of para-hydroxylation sites is 1. The van der Waals surface area contributed by atoms with Crippen molar-refractivity contribution in [1.29, 1.82) is 0 Å². The Morgan fingerprint density at radius 2 is 1.57 bits per heavy atom. The van der Waals surface area contributed by atoms with Gasteiger partial charge in [0.25, 0.3) is 0 Å². The van der Waals surface area contributed by atoms with E-state index in [-0.39, 0.29) is 0 Å². The first kappa shape index (κ1) is 20.7. The van der Waals surface area contributed by atoms with Crippen LogP contribution in [0, 0.1) is 6.92 Å². The highest BCUT2D eigenvalue weighted by atomic mass is 35.5. The summed E-state index contributed by atoms with van der Waals surface area (Å²) in [4.78, 5) is 4.82. The molecule has 0 aliphatic heterocycles. The first-order chi connectivity index (χ1) is 14.3. The number of rotatable bonds is 4. The van der Waals surface area contributed by atoms with Crippen molar-refractivity contribution in [1.82, 2.24) is 9.55 Å². The molecule has 4 rings (SSSR count). The number of imidazole rings is 1. The van der Waals surface area contributed by atoms with Gasteiger partial charge >= 0.3 is 0 Å². The number of hydrogen-bond donors (Lipinski definition) is 0. The lowest BCUT2D eigenvalue weighted by atomic mass is 9.99. The summed E-state index contributed by atoms with van der Waals surface area (Å²) in [6.45, 7) is 1.99. The molecule has 1 heterocycles. The van der Waals surface area contributed by atoms with Crippen molar-refractivity contribution in [2.24, 2.45) is 0 Å². The lowest BCUT2D eigenvalue weighted by molar-refractivity contribution is 0.602. The van der Waals surface area contributed by atoms with Gasteiger partial charge in [0, 0.05) is 24.2 Å². The number of halogens is 2. The van der Waals surface area contributed by atoms with Gasteiger partial charge in [0.1, 0.15) is 5.82 Å². The lowest BCUT2D eigenvalue weighted by Crippen LogP contribution is -2.00. The largest absolute Gasteiger partial charge is 0.297 e. The smallest absolute Gasteiger partial charge is 0.175 e. The molecular formula is C23H18Cl2N2O2S.